The van der Waals surface area contributed by atoms with Crippen molar-refractivity contribution in [1.82, 2.24) is 15.3 Å². The van der Waals surface area contributed by atoms with E-state index in [0.29, 0.717) is 11.6 Å². The quantitative estimate of drug-likeness (QED) is 0.677. The lowest BCUT2D eigenvalue weighted by Gasteiger charge is -2.20. The fourth-order valence-electron chi connectivity index (χ4n) is 3.23. The van der Waals surface area contributed by atoms with Gasteiger partial charge in [-0.25, -0.2) is 22.8 Å². The summed E-state index contributed by atoms with van der Waals surface area (Å²) >= 11 is 6.14. The summed E-state index contributed by atoms with van der Waals surface area (Å²) in [6.45, 7) is 0. The van der Waals surface area contributed by atoms with Crippen LogP contribution in [-0.4, -0.2) is 30.5 Å². The zero-order valence-electron chi connectivity index (χ0n) is 14.9. The van der Waals surface area contributed by atoms with Gasteiger partial charge >= 0.3 is 0 Å². The molecule has 0 radical (unpaired) electrons. The predicted octanol–water partition coefficient (Wildman–Crippen LogP) is 2.42. The maximum absolute atomic E-state index is 15.2. The van der Waals surface area contributed by atoms with Gasteiger partial charge in [-0.3, -0.25) is 9.71 Å². The number of rotatable bonds is 5. The Balaban J connectivity index is 1.80. The molecule has 2 aromatic rings. The first-order valence-corrected chi connectivity index (χ1v) is 10.9. The van der Waals surface area contributed by atoms with E-state index in [0.717, 1.165) is 24.9 Å². The number of benzene rings is 1. The van der Waals surface area contributed by atoms with Crippen LogP contribution in [0.1, 0.15) is 36.2 Å². The number of aliphatic imine (C=N–C) groups is 1. The highest BCUT2D eigenvalue weighted by Gasteiger charge is 2.40. The van der Waals surface area contributed by atoms with Crippen LogP contribution in [0.2, 0.25) is 5.02 Å². The van der Waals surface area contributed by atoms with Gasteiger partial charge in [-0.05, 0) is 31.0 Å². The number of nitrogen functional groups attached to an aromatic ring is 1. The first-order valence-electron chi connectivity index (χ1n) is 8.60. The third-order valence-electron chi connectivity index (χ3n) is 4.56. The lowest BCUT2D eigenvalue weighted by molar-refractivity contribution is 0.520. The van der Waals surface area contributed by atoms with Gasteiger partial charge in [0.1, 0.15) is 11.9 Å². The molecule has 0 saturated heterocycles. The van der Waals surface area contributed by atoms with Gasteiger partial charge in [-0.15, -0.1) is 0 Å². The Hall–Kier alpha value is -2.46. The van der Waals surface area contributed by atoms with E-state index in [4.69, 9.17) is 17.3 Å². The Morgan fingerprint density at radius 1 is 1.36 bits per heavy atom. The average molecular weight is 425 g/mol. The van der Waals surface area contributed by atoms with Crippen molar-refractivity contribution in [3.8, 4) is 0 Å². The minimum atomic E-state index is -3.68. The SMILES string of the molecule is CS(=O)(=O)Nc1cc(Cl)cc(C2N=C(C3CC3)NC2c2ccnc(N)n2)c1F. The van der Waals surface area contributed by atoms with E-state index in [-0.39, 0.29) is 22.2 Å². The summed E-state index contributed by atoms with van der Waals surface area (Å²) in [7, 11) is -3.68. The Morgan fingerprint density at radius 3 is 2.75 bits per heavy atom. The molecule has 0 spiro atoms. The normalized spacial score (nSPS) is 21.9. The topological polar surface area (TPSA) is 122 Å². The Kier molecular flexibility index (Phi) is 4.62. The number of nitrogens with zero attached hydrogens (tertiary/aromatic N) is 3. The first-order chi connectivity index (χ1) is 13.2. The van der Waals surface area contributed by atoms with Gasteiger partial charge in [0.15, 0.2) is 5.82 Å². The van der Waals surface area contributed by atoms with Crippen molar-refractivity contribution < 1.29 is 12.8 Å². The summed E-state index contributed by atoms with van der Waals surface area (Å²) in [6, 6.07) is 3.22. The number of nitrogens with one attached hydrogen (secondary N) is 2. The highest BCUT2D eigenvalue weighted by atomic mass is 35.5. The van der Waals surface area contributed by atoms with E-state index < -0.39 is 27.9 Å². The van der Waals surface area contributed by atoms with E-state index in [2.05, 4.69) is 25.0 Å². The molecular weight excluding hydrogens is 407 g/mol. The molecule has 1 aliphatic heterocycles. The van der Waals surface area contributed by atoms with Gasteiger partial charge in [0.25, 0.3) is 0 Å². The molecule has 2 unspecified atom stereocenters. The second kappa shape index (κ2) is 6.85. The largest absolute Gasteiger partial charge is 0.368 e. The van der Waals surface area contributed by atoms with Gasteiger partial charge in [-0.2, -0.15) is 0 Å². The molecule has 4 N–H and O–H groups in total. The molecular formula is C17H18ClFN6O2S. The lowest BCUT2D eigenvalue weighted by atomic mass is 9.97. The van der Waals surface area contributed by atoms with Crippen molar-refractivity contribution in [3.05, 3.63) is 46.5 Å². The third-order valence-corrected chi connectivity index (χ3v) is 5.36. The van der Waals surface area contributed by atoms with Gasteiger partial charge in [0.2, 0.25) is 16.0 Å². The molecule has 1 aromatic carbocycles. The number of halogens is 2. The van der Waals surface area contributed by atoms with Gasteiger partial charge < -0.3 is 11.1 Å². The monoisotopic (exact) mass is 424 g/mol. The zero-order valence-corrected chi connectivity index (χ0v) is 16.4. The van der Waals surface area contributed by atoms with Crippen molar-refractivity contribution in [1.29, 1.82) is 0 Å². The maximum Gasteiger partial charge on any atom is 0.229 e. The van der Waals surface area contributed by atoms with Crippen molar-refractivity contribution in [2.24, 2.45) is 10.9 Å². The summed E-state index contributed by atoms with van der Waals surface area (Å²) in [5.41, 5.74) is 6.22. The van der Waals surface area contributed by atoms with Gasteiger partial charge in [-0.1, -0.05) is 11.6 Å². The molecule has 1 aliphatic carbocycles. The Morgan fingerprint density at radius 2 is 2.11 bits per heavy atom. The van der Waals surface area contributed by atoms with Crippen LogP contribution in [0.25, 0.3) is 0 Å². The van der Waals surface area contributed by atoms with Crippen LogP contribution in [0.5, 0.6) is 0 Å². The molecule has 1 fully saturated rings. The van der Waals surface area contributed by atoms with Crippen molar-refractivity contribution in [2.45, 2.75) is 24.9 Å². The molecule has 0 bridgehead atoms. The number of aromatic nitrogens is 2. The summed E-state index contributed by atoms with van der Waals surface area (Å²) in [4.78, 5) is 12.8. The van der Waals surface area contributed by atoms with Crippen molar-refractivity contribution in [2.75, 3.05) is 16.7 Å². The Bertz CT molecular complexity index is 1070. The summed E-state index contributed by atoms with van der Waals surface area (Å²) in [5, 5.41) is 3.51. The molecule has 2 atom stereocenters. The average Bonchev–Trinajstić information content (AvgIpc) is 3.35. The zero-order chi connectivity index (χ0) is 20.1. The lowest BCUT2D eigenvalue weighted by Crippen LogP contribution is -2.27. The van der Waals surface area contributed by atoms with Crippen molar-refractivity contribution in [3.63, 3.8) is 0 Å². The van der Waals surface area contributed by atoms with Crippen LogP contribution in [0, 0.1) is 11.7 Å². The number of amidine groups is 1. The minimum Gasteiger partial charge on any atom is -0.368 e. The first kappa shape index (κ1) is 18.9. The fraction of sp³-hybridized carbons (Fsp3) is 0.353. The third kappa shape index (κ3) is 3.88. The van der Waals surface area contributed by atoms with E-state index in [1.165, 1.54) is 18.3 Å². The number of nitrogens with two attached hydrogens (primary N) is 1. The molecule has 0 amide bonds. The van der Waals surface area contributed by atoms with Crippen LogP contribution in [0.15, 0.2) is 29.4 Å². The van der Waals surface area contributed by atoms with E-state index >= 15 is 4.39 Å². The maximum atomic E-state index is 15.2. The molecule has 2 heterocycles. The highest BCUT2D eigenvalue weighted by molar-refractivity contribution is 7.92. The summed E-state index contributed by atoms with van der Waals surface area (Å²) < 4.78 is 40.5. The molecule has 2 aliphatic rings. The second-order valence-electron chi connectivity index (χ2n) is 6.93. The molecule has 28 heavy (non-hydrogen) atoms. The van der Waals surface area contributed by atoms with Crippen LogP contribution >= 0.6 is 11.6 Å². The number of sulfonamides is 1. The van der Waals surface area contributed by atoms with Crippen molar-refractivity contribution >= 4 is 39.1 Å². The molecule has 148 valence electrons. The molecule has 8 nitrogen and oxygen atoms in total. The van der Waals surface area contributed by atoms with Crippen LogP contribution in [-0.2, 0) is 10.0 Å². The molecule has 1 aromatic heterocycles. The van der Waals surface area contributed by atoms with Gasteiger partial charge in [0, 0.05) is 22.7 Å². The second-order valence-corrected chi connectivity index (χ2v) is 9.11. The molecule has 4 rings (SSSR count). The number of hydrogen-bond donors (Lipinski definition) is 3. The highest BCUT2D eigenvalue weighted by Crippen LogP contribution is 2.43. The fourth-order valence-corrected chi connectivity index (χ4v) is 4.00. The van der Waals surface area contributed by atoms with Gasteiger partial charge in [0.05, 0.1) is 23.7 Å². The van der Waals surface area contributed by atoms with Crippen LogP contribution in [0.4, 0.5) is 16.0 Å². The number of hydrogen-bond acceptors (Lipinski definition) is 7. The summed E-state index contributed by atoms with van der Waals surface area (Å²) in [6.07, 6.45) is 4.49. The minimum absolute atomic E-state index is 0.101. The number of anilines is 2. The standard InChI is InChI=1S/C17H18ClFN6O2S/c1-28(26,27)25-12-7-9(18)6-10(13(12)19)14-15(11-4-5-21-17(20)22-11)24-16(23-14)8-2-3-8/h4-8,14-15,25H,2-3H2,1H3,(H,23,24)(H2,20,21,22). The molecule has 11 heteroatoms. The predicted molar refractivity (Wildman–Crippen MR) is 105 cm³/mol. The summed E-state index contributed by atoms with van der Waals surface area (Å²) in [5.74, 6) is 0.463. The van der Waals surface area contributed by atoms with E-state index in [1.807, 2.05) is 0 Å². The van der Waals surface area contributed by atoms with Crippen LogP contribution in [0.3, 0.4) is 0 Å². The smallest absolute Gasteiger partial charge is 0.229 e. The Labute approximate surface area is 166 Å². The van der Waals surface area contributed by atoms with Crippen LogP contribution < -0.4 is 15.8 Å². The molecule has 1 saturated carbocycles. The van der Waals surface area contributed by atoms with E-state index in [9.17, 15) is 8.42 Å². The van der Waals surface area contributed by atoms with E-state index in [1.54, 1.807) is 6.07 Å².